The van der Waals surface area contributed by atoms with Gasteiger partial charge in [0, 0.05) is 24.3 Å². The molecule has 0 saturated heterocycles. The minimum atomic E-state index is -0.0395. The molecule has 5 heteroatoms. The van der Waals surface area contributed by atoms with Gasteiger partial charge in [0.15, 0.2) is 0 Å². The molecule has 2 atom stereocenters. The van der Waals surface area contributed by atoms with Gasteiger partial charge in [-0.3, -0.25) is 4.79 Å². The van der Waals surface area contributed by atoms with Gasteiger partial charge in [-0.25, -0.2) is 4.98 Å². The highest BCUT2D eigenvalue weighted by Crippen LogP contribution is 2.14. The maximum atomic E-state index is 12.1. The summed E-state index contributed by atoms with van der Waals surface area (Å²) in [4.78, 5) is 21.4. The first-order valence-corrected chi connectivity index (χ1v) is 7.20. The average molecular weight is 280 g/mol. The largest absolute Gasteiger partial charge is 0.310 e. The van der Waals surface area contributed by atoms with E-state index in [9.17, 15) is 4.79 Å². The summed E-state index contributed by atoms with van der Waals surface area (Å²) >= 11 is 0. The molecule has 20 heavy (non-hydrogen) atoms. The van der Waals surface area contributed by atoms with Crippen LogP contribution in [0, 0.1) is 19.8 Å². The van der Waals surface area contributed by atoms with E-state index in [2.05, 4.69) is 48.1 Å². The van der Waals surface area contributed by atoms with E-state index in [4.69, 9.17) is 0 Å². The van der Waals surface area contributed by atoms with Crippen LogP contribution >= 0.6 is 0 Å². The monoisotopic (exact) mass is 280 g/mol. The van der Waals surface area contributed by atoms with Crippen molar-refractivity contribution in [2.24, 2.45) is 5.92 Å². The second-order valence-corrected chi connectivity index (χ2v) is 6.15. The number of aromatic nitrogens is 2. The highest BCUT2D eigenvalue weighted by Gasteiger charge is 2.21. The minimum absolute atomic E-state index is 0.0146. The van der Waals surface area contributed by atoms with Gasteiger partial charge in [-0.2, -0.15) is 0 Å². The van der Waals surface area contributed by atoms with Gasteiger partial charge >= 0.3 is 0 Å². The lowest BCUT2D eigenvalue weighted by Gasteiger charge is -2.29. The second kappa shape index (κ2) is 6.99. The Morgan fingerprint density at radius 2 is 1.85 bits per heavy atom. The molecule has 0 radical (unpaired) electrons. The maximum Gasteiger partial charge on any atom is 0.255 e. The summed E-state index contributed by atoms with van der Waals surface area (Å²) < 4.78 is 0. The van der Waals surface area contributed by atoms with Crippen LogP contribution in [0.2, 0.25) is 0 Å². The zero-order valence-electron chi connectivity index (χ0n) is 13.7. The molecule has 0 aromatic carbocycles. The van der Waals surface area contributed by atoms with E-state index in [1.165, 1.54) is 0 Å². The lowest BCUT2D eigenvalue weighted by atomic mass is 10.0. The third-order valence-corrected chi connectivity index (χ3v) is 3.53. The van der Waals surface area contributed by atoms with E-state index in [0.717, 1.165) is 17.8 Å². The standard InChI is InChI=1S/C15H28N4O/c1-9(2)13(8-19(6)7)17-11(4)14-10(3)16-12(5)18-15(14)20/h9,11,13,17H,8H2,1-7H3,(H,16,18,20). The first-order valence-electron chi connectivity index (χ1n) is 7.20. The molecule has 114 valence electrons. The zero-order chi connectivity index (χ0) is 15.4. The summed E-state index contributed by atoms with van der Waals surface area (Å²) in [5.74, 6) is 1.16. The number of nitrogens with zero attached hydrogens (tertiary/aromatic N) is 2. The topological polar surface area (TPSA) is 61.0 Å². The van der Waals surface area contributed by atoms with Crippen molar-refractivity contribution >= 4 is 0 Å². The quantitative estimate of drug-likeness (QED) is 0.831. The van der Waals surface area contributed by atoms with E-state index >= 15 is 0 Å². The van der Waals surface area contributed by atoms with Crippen LogP contribution in [-0.2, 0) is 0 Å². The maximum absolute atomic E-state index is 12.1. The predicted octanol–water partition coefficient (Wildman–Crippen LogP) is 1.62. The molecular formula is C15H28N4O. The summed E-state index contributed by atoms with van der Waals surface area (Å²) in [5.41, 5.74) is 1.50. The molecule has 0 fully saturated rings. The van der Waals surface area contributed by atoms with Crippen LogP contribution in [0.15, 0.2) is 4.79 Å². The van der Waals surface area contributed by atoms with Crippen molar-refractivity contribution < 1.29 is 0 Å². The first kappa shape index (κ1) is 16.9. The number of hydrogen-bond donors (Lipinski definition) is 2. The Morgan fingerprint density at radius 3 is 2.30 bits per heavy atom. The van der Waals surface area contributed by atoms with Crippen molar-refractivity contribution in [3.05, 3.63) is 27.4 Å². The fourth-order valence-electron chi connectivity index (χ4n) is 2.50. The van der Waals surface area contributed by atoms with Crippen LogP contribution in [0.4, 0.5) is 0 Å². The molecule has 0 aliphatic heterocycles. The third kappa shape index (κ3) is 4.42. The second-order valence-electron chi connectivity index (χ2n) is 6.15. The van der Waals surface area contributed by atoms with E-state index in [1.54, 1.807) is 6.92 Å². The molecular weight excluding hydrogens is 252 g/mol. The van der Waals surface area contributed by atoms with Gasteiger partial charge in [0.25, 0.3) is 5.56 Å². The van der Waals surface area contributed by atoms with Crippen LogP contribution < -0.4 is 10.9 Å². The van der Waals surface area contributed by atoms with Gasteiger partial charge in [0.1, 0.15) is 5.82 Å². The lowest BCUT2D eigenvalue weighted by molar-refractivity contribution is 0.272. The van der Waals surface area contributed by atoms with Crippen molar-refractivity contribution in [1.82, 2.24) is 20.2 Å². The highest BCUT2D eigenvalue weighted by molar-refractivity contribution is 5.20. The molecule has 0 spiro atoms. The Kier molecular flexibility index (Phi) is 5.89. The molecule has 5 nitrogen and oxygen atoms in total. The summed E-state index contributed by atoms with van der Waals surface area (Å²) in [7, 11) is 4.13. The number of hydrogen-bond acceptors (Lipinski definition) is 4. The molecule has 2 N–H and O–H groups in total. The Morgan fingerprint density at radius 1 is 1.25 bits per heavy atom. The smallest absolute Gasteiger partial charge is 0.255 e. The van der Waals surface area contributed by atoms with Crippen LogP contribution in [-0.4, -0.2) is 41.5 Å². The molecule has 1 aromatic heterocycles. The van der Waals surface area contributed by atoms with Crippen LogP contribution in [0.3, 0.4) is 0 Å². The molecule has 0 aliphatic carbocycles. The van der Waals surface area contributed by atoms with Crippen molar-refractivity contribution in [2.75, 3.05) is 20.6 Å². The molecule has 0 amide bonds. The fraction of sp³-hybridized carbons (Fsp3) is 0.733. The average Bonchev–Trinajstić information content (AvgIpc) is 2.25. The fourth-order valence-corrected chi connectivity index (χ4v) is 2.50. The SMILES string of the molecule is Cc1nc(C)c(C(C)NC(CN(C)C)C(C)C)c(=O)[nH]1. The van der Waals surface area contributed by atoms with Gasteiger partial charge in [-0.1, -0.05) is 13.8 Å². The van der Waals surface area contributed by atoms with Crippen molar-refractivity contribution in [3.63, 3.8) is 0 Å². The number of likely N-dealkylation sites (N-methyl/N-ethyl adjacent to an activating group) is 1. The van der Waals surface area contributed by atoms with E-state index < -0.39 is 0 Å². The Bertz CT molecular complexity index is 493. The van der Waals surface area contributed by atoms with Crippen molar-refractivity contribution in [1.29, 1.82) is 0 Å². The number of H-pyrrole nitrogens is 1. The number of aromatic amines is 1. The molecule has 1 heterocycles. The Labute approximate surface area is 121 Å². The molecule has 0 aliphatic rings. The molecule has 0 saturated carbocycles. The summed E-state index contributed by atoms with van der Waals surface area (Å²) in [6.07, 6.45) is 0. The Hall–Kier alpha value is -1.20. The molecule has 1 rings (SSSR count). The van der Waals surface area contributed by atoms with Crippen LogP contribution in [0.25, 0.3) is 0 Å². The third-order valence-electron chi connectivity index (χ3n) is 3.53. The lowest BCUT2D eigenvalue weighted by Crippen LogP contribution is -2.44. The number of nitrogens with one attached hydrogen (secondary N) is 2. The zero-order valence-corrected chi connectivity index (χ0v) is 13.7. The highest BCUT2D eigenvalue weighted by atomic mass is 16.1. The predicted molar refractivity (Wildman–Crippen MR) is 83.1 cm³/mol. The first-order chi connectivity index (χ1) is 9.22. The van der Waals surface area contributed by atoms with Crippen LogP contribution in [0.5, 0.6) is 0 Å². The molecule has 2 unspecified atom stereocenters. The van der Waals surface area contributed by atoms with Gasteiger partial charge in [-0.05, 0) is 40.8 Å². The van der Waals surface area contributed by atoms with Gasteiger partial charge in [0.05, 0.1) is 5.56 Å². The molecule has 1 aromatic rings. The Balaban J connectivity index is 2.95. The van der Waals surface area contributed by atoms with Gasteiger partial charge < -0.3 is 15.2 Å². The summed E-state index contributed by atoms with van der Waals surface area (Å²) in [5, 5.41) is 3.56. The van der Waals surface area contributed by atoms with E-state index in [-0.39, 0.29) is 11.6 Å². The summed E-state index contributed by atoms with van der Waals surface area (Å²) in [6, 6.07) is 0.319. The van der Waals surface area contributed by atoms with Gasteiger partial charge in [-0.15, -0.1) is 0 Å². The van der Waals surface area contributed by atoms with Crippen molar-refractivity contribution in [2.45, 2.75) is 46.7 Å². The summed E-state index contributed by atoms with van der Waals surface area (Å²) in [6.45, 7) is 11.1. The van der Waals surface area contributed by atoms with Crippen molar-refractivity contribution in [3.8, 4) is 0 Å². The normalized spacial score (nSPS) is 14.8. The number of rotatable bonds is 6. The van der Waals surface area contributed by atoms with Gasteiger partial charge in [0.2, 0.25) is 0 Å². The number of aryl methyl sites for hydroxylation is 2. The minimum Gasteiger partial charge on any atom is -0.310 e. The van der Waals surface area contributed by atoms with E-state index in [1.807, 2.05) is 13.8 Å². The molecule has 0 bridgehead atoms. The van der Waals surface area contributed by atoms with Crippen LogP contribution in [0.1, 0.15) is 43.9 Å². The van der Waals surface area contributed by atoms with E-state index in [0.29, 0.717) is 17.8 Å².